The zero-order valence-corrected chi connectivity index (χ0v) is 10.2. The third kappa shape index (κ3) is 2.47. The van der Waals surface area contributed by atoms with E-state index in [9.17, 15) is 9.18 Å². The molecule has 0 aliphatic carbocycles. The van der Waals surface area contributed by atoms with Crippen LogP contribution in [0, 0.1) is 25.6 Å². The number of ketones is 1. The van der Waals surface area contributed by atoms with Gasteiger partial charge in [-0.3, -0.25) is 4.79 Å². The average Bonchev–Trinajstić information content (AvgIpc) is 2.14. The minimum absolute atomic E-state index is 0.176. The van der Waals surface area contributed by atoms with Gasteiger partial charge in [-0.2, -0.15) is 0 Å². The van der Waals surface area contributed by atoms with E-state index >= 15 is 0 Å². The zero-order valence-electron chi connectivity index (χ0n) is 10.2. The van der Waals surface area contributed by atoms with Crippen molar-refractivity contribution in [2.24, 2.45) is 11.7 Å². The van der Waals surface area contributed by atoms with Crippen LogP contribution >= 0.6 is 0 Å². The lowest BCUT2D eigenvalue weighted by atomic mass is 9.90. The zero-order chi connectivity index (χ0) is 12.5. The molecule has 1 rings (SSSR count). The molecule has 3 heteroatoms. The van der Waals surface area contributed by atoms with Gasteiger partial charge in [0.2, 0.25) is 0 Å². The molecule has 0 radical (unpaired) electrons. The maximum absolute atomic E-state index is 13.7. The number of rotatable bonds is 3. The number of hydrogen-bond acceptors (Lipinski definition) is 2. The lowest BCUT2D eigenvalue weighted by Crippen LogP contribution is -2.31. The van der Waals surface area contributed by atoms with Crippen molar-refractivity contribution in [2.75, 3.05) is 0 Å². The van der Waals surface area contributed by atoms with Gasteiger partial charge in [0.15, 0.2) is 5.78 Å². The van der Waals surface area contributed by atoms with E-state index in [1.165, 1.54) is 6.07 Å². The smallest absolute Gasteiger partial charge is 0.170 e. The van der Waals surface area contributed by atoms with Gasteiger partial charge in [-0.05, 0) is 38.0 Å². The molecule has 2 nitrogen and oxygen atoms in total. The Bertz CT molecular complexity index is 389. The van der Waals surface area contributed by atoms with Crippen molar-refractivity contribution in [3.05, 3.63) is 34.6 Å². The fourth-order valence-electron chi connectivity index (χ4n) is 1.69. The van der Waals surface area contributed by atoms with Crippen LogP contribution in [0.3, 0.4) is 0 Å². The van der Waals surface area contributed by atoms with Crippen LogP contribution in [0.25, 0.3) is 0 Å². The van der Waals surface area contributed by atoms with Crippen molar-refractivity contribution in [1.82, 2.24) is 0 Å². The molecule has 0 amide bonds. The van der Waals surface area contributed by atoms with E-state index < -0.39 is 5.82 Å². The summed E-state index contributed by atoms with van der Waals surface area (Å²) in [7, 11) is 0. The fourth-order valence-corrected chi connectivity index (χ4v) is 1.69. The SMILES string of the molecule is Cc1cc(C)c(C(=O)C(C)C(C)N)c(F)c1. The van der Waals surface area contributed by atoms with E-state index in [4.69, 9.17) is 5.73 Å². The summed E-state index contributed by atoms with van der Waals surface area (Å²) < 4.78 is 13.7. The molecule has 0 saturated carbocycles. The van der Waals surface area contributed by atoms with Crippen molar-refractivity contribution >= 4 is 5.78 Å². The average molecular weight is 223 g/mol. The Morgan fingerprint density at radius 1 is 1.31 bits per heavy atom. The number of nitrogens with two attached hydrogens (primary N) is 1. The van der Waals surface area contributed by atoms with E-state index in [1.54, 1.807) is 27.7 Å². The summed E-state index contributed by atoms with van der Waals surface area (Å²) in [4.78, 5) is 12.0. The molecule has 0 bridgehead atoms. The van der Waals surface area contributed by atoms with Crippen molar-refractivity contribution in [2.45, 2.75) is 33.7 Å². The second-order valence-corrected chi connectivity index (χ2v) is 4.45. The van der Waals surface area contributed by atoms with Crippen LogP contribution in [-0.4, -0.2) is 11.8 Å². The van der Waals surface area contributed by atoms with Gasteiger partial charge in [-0.15, -0.1) is 0 Å². The maximum Gasteiger partial charge on any atom is 0.170 e. The molecular formula is C13H18FNO. The van der Waals surface area contributed by atoms with Crippen LogP contribution in [-0.2, 0) is 0 Å². The normalized spacial score (nSPS) is 14.6. The Morgan fingerprint density at radius 3 is 2.31 bits per heavy atom. The first kappa shape index (κ1) is 12.8. The van der Waals surface area contributed by atoms with E-state index in [0.29, 0.717) is 5.56 Å². The number of carbonyl (C=O) groups is 1. The Hall–Kier alpha value is -1.22. The van der Waals surface area contributed by atoms with Gasteiger partial charge in [-0.1, -0.05) is 13.0 Å². The first-order valence-corrected chi connectivity index (χ1v) is 5.41. The van der Waals surface area contributed by atoms with Gasteiger partial charge in [0.05, 0.1) is 5.56 Å². The highest BCUT2D eigenvalue weighted by Crippen LogP contribution is 2.20. The number of aryl methyl sites for hydroxylation is 2. The summed E-state index contributed by atoms with van der Waals surface area (Å²) in [5, 5.41) is 0. The third-order valence-corrected chi connectivity index (χ3v) is 2.88. The van der Waals surface area contributed by atoms with Crippen LogP contribution in [0.15, 0.2) is 12.1 Å². The van der Waals surface area contributed by atoms with Crippen LogP contribution < -0.4 is 5.73 Å². The van der Waals surface area contributed by atoms with Crippen LogP contribution in [0.2, 0.25) is 0 Å². The lowest BCUT2D eigenvalue weighted by molar-refractivity contribution is 0.0912. The lowest BCUT2D eigenvalue weighted by Gasteiger charge is -2.16. The largest absolute Gasteiger partial charge is 0.327 e. The van der Waals surface area contributed by atoms with Crippen molar-refractivity contribution in [1.29, 1.82) is 0 Å². The quantitative estimate of drug-likeness (QED) is 0.800. The van der Waals surface area contributed by atoms with Crippen molar-refractivity contribution < 1.29 is 9.18 Å². The van der Waals surface area contributed by atoms with Gasteiger partial charge in [0.1, 0.15) is 5.82 Å². The van der Waals surface area contributed by atoms with Crippen LogP contribution in [0.1, 0.15) is 35.3 Å². The minimum Gasteiger partial charge on any atom is -0.327 e. The van der Waals surface area contributed by atoms with Crippen molar-refractivity contribution in [3.8, 4) is 0 Å². The molecule has 1 aromatic carbocycles. The molecule has 0 aliphatic rings. The van der Waals surface area contributed by atoms with E-state index in [0.717, 1.165) is 5.56 Å². The predicted molar refractivity (Wildman–Crippen MR) is 63.0 cm³/mol. The number of halogens is 1. The second-order valence-electron chi connectivity index (χ2n) is 4.45. The number of Topliss-reactive ketones (excluding diaryl/α,β-unsaturated/α-hetero) is 1. The number of benzene rings is 1. The van der Waals surface area contributed by atoms with E-state index in [1.807, 2.05) is 6.07 Å². The molecule has 2 N–H and O–H groups in total. The summed E-state index contributed by atoms with van der Waals surface area (Å²) >= 11 is 0. The second kappa shape index (κ2) is 4.74. The Balaban J connectivity index is 3.19. The molecular weight excluding hydrogens is 205 g/mol. The Morgan fingerprint density at radius 2 is 1.88 bits per heavy atom. The first-order chi connectivity index (χ1) is 7.34. The van der Waals surface area contributed by atoms with E-state index in [2.05, 4.69) is 0 Å². The monoisotopic (exact) mass is 223 g/mol. The Labute approximate surface area is 95.7 Å². The third-order valence-electron chi connectivity index (χ3n) is 2.88. The fraction of sp³-hybridized carbons (Fsp3) is 0.462. The Kier molecular flexibility index (Phi) is 3.81. The van der Waals surface area contributed by atoms with Gasteiger partial charge in [0, 0.05) is 12.0 Å². The highest BCUT2D eigenvalue weighted by atomic mass is 19.1. The molecule has 0 spiro atoms. The highest BCUT2D eigenvalue weighted by molar-refractivity contribution is 5.99. The number of hydrogen-bond donors (Lipinski definition) is 1. The molecule has 16 heavy (non-hydrogen) atoms. The summed E-state index contributed by atoms with van der Waals surface area (Å²) in [6, 6.07) is 2.92. The van der Waals surface area contributed by atoms with E-state index in [-0.39, 0.29) is 23.3 Å². The molecule has 2 unspecified atom stereocenters. The minimum atomic E-state index is -0.449. The highest BCUT2D eigenvalue weighted by Gasteiger charge is 2.23. The molecule has 1 aromatic rings. The molecule has 2 atom stereocenters. The topological polar surface area (TPSA) is 43.1 Å². The maximum atomic E-state index is 13.7. The van der Waals surface area contributed by atoms with Gasteiger partial charge in [-0.25, -0.2) is 4.39 Å². The molecule has 0 heterocycles. The molecule has 0 saturated heterocycles. The van der Waals surface area contributed by atoms with Gasteiger partial charge in [0.25, 0.3) is 0 Å². The summed E-state index contributed by atoms with van der Waals surface area (Å²) in [5.41, 5.74) is 7.33. The number of carbonyl (C=O) groups excluding carboxylic acids is 1. The summed E-state index contributed by atoms with van der Waals surface area (Å²) in [6.45, 7) is 7.03. The first-order valence-electron chi connectivity index (χ1n) is 5.41. The molecule has 0 aromatic heterocycles. The van der Waals surface area contributed by atoms with Gasteiger partial charge < -0.3 is 5.73 Å². The molecule has 0 fully saturated rings. The predicted octanol–water partition coefficient (Wildman–Crippen LogP) is 2.61. The summed E-state index contributed by atoms with van der Waals surface area (Å²) in [5.74, 6) is -1.03. The molecule has 0 aliphatic heterocycles. The molecule has 88 valence electrons. The van der Waals surface area contributed by atoms with Crippen LogP contribution in [0.5, 0.6) is 0 Å². The standard InChI is InChI=1S/C13H18FNO/c1-7-5-8(2)12(11(14)6-7)13(16)9(3)10(4)15/h5-6,9-10H,15H2,1-4H3. The van der Waals surface area contributed by atoms with Crippen molar-refractivity contribution in [3.63, 3.8) is 0 Å². The van der Waals surface area contributed by atoms with Gasteiger partial charge >= 0.3 is 0 Å². The summed E-state index contributed by atoms with van der Waals surface area (Å²) in [6.07, 6.45) is 0. The van der Waals surface area contributed by atoms with Crippen LogP contribution in [0.4, 0.5) is 4.39 Å².